The van der Waals surface area contributed by atoms with E-state index in [4.69, 9.17) is 4.74 Å². The van der Waals surface area contributed by atoms with Gasteiger partial charge in [-0.3, -0.25) is 4.79 Å². The molecule has 1 aromatic heterocycles. The lowest BCUT2D eigenvalue weighted by Gasteiger charge is -2.14. The molecule has 0 saturated heterocycles. The lowest BCUT2D eigenvalue weighted by Crippen LogP contribution is -2.21. The first-order valence-electron chi connectivity index (χ1n) is 7.71. The van der Waals surface area contributed by atoms with Crippen LogP contribution in [-0.2, 0) is 4.74 Å². The Balaban J connectivity index is 2.39. The fourth-order valence-electron chi connectivity index (χ4n) is 2.59. The number of hydrogen-bond donors (Lipinski definition) is 0. The average Bonchev–Trinajstić information content (AvgIpc) is 2.58. The number of rotatable bonds is 3. The summed E-state index contributed by atoms with van der Waals surface area (Å²) in [6.07, 6.45) is 1.30. The van der Waals surface area contributed by atoms with Crippen LogP contribution < -0.4 is 5.43 Å². The molecule has 0 bridgehead atoms. The second-order valence-corrected chi connectivity index (χ2v) is 5.58. The van der Waals surface area contributed by atoms with Crippen LogP contribution in [0, 0.1) is 18.6 Å². The third kappa shape index (κ3) is 3.03. The van der Waals surface area contributed by atoms with E-state index < -0.39 is 23.0 Å². The molecule has 4 nitrogen and oxygen atoms in total. The first-order chi connectivity index (χ1) is 11.9. The number of fused-ring (bicyclic) bond motifs is 1. The highest BCUT2D eigenvalue weighted by Gasteiger charge is 2.19. The summed E-state index contributed by atoms with van der Waals surface area (Å²) in [5.41, 5.74) is 0.849. The number of halogens is 2. The first-order valence-corrected chi connectivity index (χ1v) is 7.71. The molecule has 25 heavy (non-hydrogen) atoms. The molecule has 2 aromatic carbocycles. The Morgan fingerprint density at radius 1 is 1.12 bits per heavy atom. The number of nitrogens with zero attached hydrogens (tertiary/aromatic N) is 1. The molecule has 3 aromatic rings. The van der Waals surface area contributed by atoms with Crippen molar-refractivity contribution in [1.29, 1.82) is 0 Å². The van der Waals surface area contributed by atoms with E-state index in [1.807, 2.05) is 19.1 Å². The number of benzene rings is 2. The summed E-state index contributed by atoms with van der Waals surface area (Å²) in [5, 5.41) is -0.0926. The zero-order valence-corrected chi connectivity index (χ0v) is 13.7. The van der Waals surface area contributed by atoms with Crippen molar-refractivity contribution in [2.24, 2.45) is 0 Å². The maximum atomic E-state index is 13.7. The van der Waals surface area contributed by atoms with E-state index in [0.717, 1.165) is 17.7 Å². The number of ether oxygens (including phenoxy) is 1. The quantitative estimate of drug-likeness (QED) is 0.681. The van der Waals surface area contributed by atoms with Crippen LogP contribution in [0.25, 0.3) is 16.6 Å². The molecule has 0 atom stereocenters. The minimum atomic E-state index is -1.15. The number of aromatic nitrogens is 1. The Morgan fingerprint density at radius 2 is 1.76 bits per heavy atom. The van der Waals surface area contributed by atoms with Gasteiger partial charge in [0.15, 0.2) is 11.6 Å². The van der Waals surface area contributed by atoms with Crippen molar-refractivity contribution in [2.75, 3.05) is 6.61 Å². The number of carbonyl (C=O) groups excluding carboxylic acids is 1. The topological polar surface area (TPSA) is 48.3 Å². The highest BCUT2D eigenvalue weighted by atomic mass is 19.2. The fourth-order valence-corrected chi connectivity index (χ4v) is 2.59. The van der Waals surface area contributed by atoms with Crippen LogP contribution in [0.2, 0.25) is 0 Å². The lowest BCUT2D eigenvalue weighted by molar-refractivity contribution is 0.0524. The molecular weight excluding hydrogens is 328 g/mol. The predicted molar refractivity (Wildman–Crippen MR) is 90.2 cm³/mol. The van der Waals surface area contributed by atoms with Gasteiger partial charge in [0.25, 0.3) is 0 Å². The monoisotopic (exact) mass is 343 g/mol. The molecule has 0 unspecified atom stereocenters. The van der Waals surface area contributed by atoms with Crippen molar-refractivity contribution in [3.63, 3.8) is 0 Å². The van der Waals surface area contributed by atoms with E-state index in [2.05, 4.69) is 0 Å². The minimum Gasteiger partial charge on any atom is -0.462 e. The molecule has 0 fully saturated rings. The summed E-state index contributed by atoms with van der Waals surface area (Å²) >= 11 is 0. The number of hydrogen-bond acceptors (Lipinski definition) is 3. The van der Waals surface area contributed by atoms with Crippen molar-refractivity contribution < 1.29 is 18.3 Å². The van der Waals surface area contributed by atoms with Gasteiger partial charge >= 0.3 is 5.97 Å². The van der Waals surface area contributed by atoms with Crippen molar-refractivity contribution >= 4 is 16.9 Å². The van der Waals surface area contributed by atoms with Crippen LogP contribution in [0.4, 0.5) is 8.78 Å². The second-order valence-electron chi connectivity index (χ2n) is 5.58. The van der Waals surface area contributed by atoms with Crippen LogP contribution in [0.1, 0.15) is 22.8 Å². The zero-order chi connectivity index (χ0) is 18.1. The van der Waals surface area contributed by atoms with Crippen LogP contribution in [0.15, 0.2) is 47.4 Å². The molecule has 6 heteroatoms. The van der Waals surface area contributed by atoms with Crippen molar-refractivity contribution in [1.82, 2.24) is 4.57 Å². The molecule has 0 saturated carbocycles. The average molecular weight is 343 g/mol. The maximum Gasteiger partial charge on any atom is 0.343 e. The van der Waals surface area contributed by atoms with Gasteiger partial charge in [-0.1, -0.05) is 17.7 Å². The molecule has 1 heterocycles. The van der Waals surface area contributed by atoms with Crippen molar-refractivity contribution in [3.8, 4) is 5.69 Å². The summed E-state index contributed by atoms with van der Waals surface area (Å²) in [6.45, 7) is 3.62. The summed E-state index contributed by atoms with van der Waals surface area (Å²) in [5.74, 6) is -3.03. The Morgan fingerprint density at radius 3 is 2.40 bits per heavy atom. The molecular formula is C19H15F2NO3. The molecule has 0 amide bonds. The highest BCUT2D eigenvalue weighted by Crippen LogP contribution is 2.21. The Kier molecular flexibility index (Phi) is 4.35. The van der Waals surface area contributed by atoms with E-state index in [1.54, 1.807) is 19.1 Å². The molecule has 0 aliphatic carbocycles. The van der Waals surface area contributed by atoms with Crippen molar-refractivity contribution in [2.45, 2.75) is 13.8 Å². The molecule has 0 spiro atoms. The SMILES string of the molecule is CCOC(=O)c1cn(-c2ccc(C)cc2)c2cc(F)c(F)cc2c1=O. The maximum absolute atomic E-state index is 13.7. The molecule has 0 radical (unpaired) electrons. The number of carbonyl (C=O) groups is 1. The lowest BCUT2D eigenvalue weighted by atomic mass is 10.1. The van der Waals surface area contributed by atoms with Gasteiger partial charge in [-0.05, 0) is 32.0 Å². The number of aryl methyl sites for hydroxylation is 1. The van der Waals surface area contributed by atoms with Gasteiger partial charge in [0.05, 0.1) is 17.5 Å². The molecule has 128 valence electrons. The van der Waals surface area contributed by atoms with Crippen LogP contribution in [-0.4, -0.2) is 17.1 Å². The van der Waals surface area contributed by atoms with Gasteiger partial charge in [-0.2, -0.15) is 0 Å². The van der Waals surface area contributed by atoms with Gasteiger partial charge in [0.2, 0.25) is 5.43 Å². The Bertz CT molecular complexity index is 1020. The largest absolute Gasteiger partial charge is 0.462 e. The van der Waals surface area contributed by atoms with Gasteiger partial charge in [-0.25, -0.2) is 13.6 Å². The Labute approximate surface area is 142 Å². The summed E-state index contributed by atoms with van der Waals surface area (Å²) in [7, 11) is 0. The van der Waals surface area contributed by atoms with Gasteiger partial charge in [-0.15, -0.1) is 0 Å². The van der Waals surface area contributed by atoms with E-state index in [9.17, 15) is 18.4 Å². The normalized spacial score (nSPS) is 10.9. The highest BCUT2D eigenvalue weighted by molar-refractivity contribution is 5.94. The van der Waals surface area contributed by atoms with Gasteiger partial charge in [0, 0.05) is 18.0 Å². The van der Waals surface area contributed by atoms with Gasteiger partial charge in [0.1, 0.15) is 5.56 Å². The zero-order valence-electron chi connectivity index (χ0n) is 13.7. The van der Waals surface area contributed by atoms with E-state index in [0.29, 0.717) is 5.69 Å². The Hall–Kier alpha value is -3.02. The number of pyridine rings is 1. The summed E-state index contributed by atoms with van der Waals surface area (Å²) < 4.78 is 33.8. The molecule has 0 aliphatic heterocycles. The summed E-state index contributed by atoms with van der Waals surface area (Å²) in [6, 6.07) is 8.94. The molecule has 0 N–H and O–H groups in total. The minimum absolute atomic E-state index is 0.0926. The molecule has 0 aliphatic rings. The first kappa shape index (κ1) is 16.8. The van der Waals surface area contributed by atoms with E-state index in [1.165, 1.54) is 10.8 Å². The fraction of sp³-hybridized carbons (Fsp3) is 0.158. The standard InChI is InChI=1S/C19H15F2NO3/c1-3-25-19(24)14-10-22(12-6-4-11(2)5-7-12)17-9-16(21)15(20)8-13(17)18(14)23/h4-10H,3H2,1-2H3. The van der Waals surface area contributed by atoms with Gasteiger partial charge < -0.3 is 9.30 Å². The molecule has 3 rings (SSSR count). The number of esters is 1. The third-order valence-corrected chi connectivity index (χ3v) is 3.85. The summed E-state index contributed by atoms with van der Waals surface area (Å²) in [4.78, 5) is 24.6. The smallest absolute Gasteiger partial charge is 0.343 e. The predicted octanol–water partition coefficient (Wildman–Crippen LogP) is 3.75. The van der Waals surface area contributed by atoms with E-state index >= 15 is 0 Å². The van der Waals surface area contributed by atoms with Crippen LogP contribution >= 0.6 is 0 Å². The second kappa shape index (κ2) is 6.47. The van der Waals surface area contributed by atoms with Crippen LogP contribution in [0.3, 0.4) is 0 Å². The van der Waals surface area contributed by atoms with Crippen molar-refractivity contribution in [3.05, 3.63) is 75.6 Å². The van der Waals surface area contributed by atoms with Crippen LogP contribution in [0.5, 0.6) is 0 Å². The third-order valence-electron chi connectivity index (χ3n) is 3.85. The van der Waals surface area contributed by atoms with E-state index in [-0.39, 0.29) is 23.1 Å².